The van der Waals surface area contributed by atoms with E-state index in [4.69, 9.17) is 4.55 Å². The predicted molar refractivity (Wildman–Crippen MR) is 84.6 cm³/mol. The molecule has 0 radical (unpaired) electrons. The zero-order valence-electron chi connectivity index (χ0n) is 13.2. The van der Waals surface area contributed by atoms with Crippen molar-refractivity contribution < 1.29 is 36.9 Å². The van der Waals surface area contributed by atoms with E-state index in [1.807, 2.05) is 0 Å². The zero-order chi connectivity index (χ0) is 19.6. The first-order valence-electron chi connectivity index (χ1n) is 6.60. The lowest BCUT2D eigenvalue weighted by atomic mass is 9.98. The third-order valence-electron chi connectivity index (χ3n) is 3.20. The molecule has 0 spiro atoms. The fraction of sp³-hybridized carbons (Fsp3) is 0.364. The van der Waals surface area contributed by atoms with Crippen molar-refractivity contribution in [3.05, 3.63) is 20.7 Å². The Hall–Kier alpha value is -2.78. The molecule has 1 fully saturated rings. The molecule has 0 unspecified atom stereocenters. The summed E-state index contributed by atoms with van der Waals surface area (Å²) >= 11 is 0.739. The van der Waals surface area contributed by atoms with E-state index in [2.05, 4.69) is 25.0 Å². The number of hydrogen-bond donors (Lipinski definition) is 3. The molecule has 1 aliphatic rings. The third kappa shape index (κ3) is 3.58. The summed E-state index contributed by atoms with van der Waals surface area (Å²) in [5, 5.41) is 6.79. The Bertz CT molecular complexity index is 931. The van der Waals surface area contributed by atoms with E-state index in [9.17, 15) is 27.6 Å². The first-order valence-corrected chi connectivity index (χ1v) is 8.88. The van der Waals surface area contributed by atoms with Gasteiger partial charge in [0.15, 0.2) is 11.8 Å². The number of aromatic amines is 1. The SMILES string of the molecule is CON=C(C(=O)N[C@H]1C(=O)N(S(=O)(=O)O)[C@H]1C(=O)OC)c1csc(=O)[nH]1. The van der Waals surface area contributed by atoms with Gasteiger partial charge in [-0.25, -0.2) is 4.79 Å². The first kappa shape index (κ1) is 19.5. The lowest BCUT2D eigenvalue weighted by Crippen LogP contribution is -2.74. The van der Waals surface area contributed by atoms with Gasteiger partial charge in [-0.3, -0.25) is 18.9 Å². The normalized spacial score (nSPS) is 20.3. The van der Waals surface area contributed by atoms with Crippen molar-refractivity contribution in [1.82, 2.24) is 14.6 Å². The molecule has 13 nitrogen and oxygen atoms in total. The number of H-pyrrole nitrogens is 1. The largest absolute Gasteiger partial charge is 0.467 e. The minimum atomic E-state index is -5.04. The van der Waals surface area contributed by atoms with Gasteiger partial charge in [-0.2, -0.15) is 12.7 Å². The van der Waals surface area contributed by atoms with Crippen LogP contribution >= 0.6 is 11.3 Å². The average Bonchev–Trinajstić information content (AvgIpc) is 2.98. The van der Waals surface area contributed by atoms with Crippen LogP contribution < -0.4 is 10.2 Å². The van der Waals surface area contributed by atoms with Gasteiger partial charge in [0.05, 0.1) is 12.8 Å². The van der Waals surface area contributed by atoms with Crippen LogP contribution in [0.25, 0.3) is 0 Å². The molecule has 2 atom stereocenters. The van der Waals surface area contributed by atoms with Crippen LogP contribution in [0.3, 0.4) is 0 Å². The van der Waals surface area contributed by atoms with Gasteiger partial charge in [0.2, 0.25) is 0 Å². The van der Waals surface area contributed by atoms with Gasteiger partial charge in [0, 0.05) is 5.38 Å². The quantitative estimate of drug-likeness (QED) is 0.150. The number of nitrogens with one attached hydrogen (secondary N) is 2. The number of rotatable bonds is 6. The Kier molecular flexibility index (Phi) is 5.43. The highest BCUT2D eigenvalue weighted by Gasteiger charge is 2.58. The Morgan fingerprint density at radius 3 is 2.50 bits per heavy atom. The highest BCUT2D eigenvalue weighted by molar-refractivity contribution is 7.84. The smallest absolute Gasteiger partial charge is 0.363 e. The fourth-order valence-electron chi connectivity index (χ4n) is 2.12. The summed E-state index contributed by atoms with van der Waals surface area (Å²) in [6.07, 6.45) is 0. The van der Waals surface area contributed by atoms with E-state index in [0.29, 0.717) is 0 Å². The Morgan fingerprint density at radius 1 is 1.38 bits per heavy atom. The molecule has 0 aliphatic carbocycles. The highest BCUT2D eigenvalue weighted by atomic mass is 32.2. The Labute approximate surface area is 149 Å². The number of oxime groups is 1. The van der Waals surface area contributed by atoms with Crippen molar-refractivity contribution in [2.45, 2.75) is 12.1 Å². The van der Waals surface area contributed by atoms with E-state index in [1.54, 1.807) is 0 Å². The molecule has 0 aromatic carbocycles. The number of carbonyl (C=O) groups is 3. The summed E-state index contributed by atoms with van der Waals surface area (Å²) in [5.74, 6) is -3.48. The molecular weight excluding hydrogens is 396 g/mol. The van der Waals surface area contributed by atoms with Crippen molar-refractivity contribution in [3.63, 3.8) is 0 Å². The summed E-state index contributed by atoms with van der Waals surface area (Å²) in [6, 6.07) is -3.43. The zero-order valence-corrected chi connectivity index (χ0v) is 14.8. The molecule has 3 N–H and O–H groups in total. The standard InChI is InChI=1S/C11H12N4O9S2/c1-23-10(18)7-6(9(17)15(7)26(20,21)22)13-8(16)5(14-24-2)4-3-25-11(19)12-4/h3,6-7H,1-2H3,(H,12,19)(H,13,16)(H,20,21,22)/t6-,7-/m1/s1. The van der Waals surface area contributed by atoms with Gasteiger partial charge in [-0.15, -0.1) is 0 Å². The van der Waals surface area contributed by atoms with Gasteiger partial charge in [-0.05, 0) is 0 Å². The highest BCUT2D eigenvalue weighted by Crippen LogP contribution is 2.24. The number of β-lactam (4-membered cyclic amide) rings is 1. The number of thiazole rings is 1. The lowest BCUT2D eigenvalue weighted by molar-refractivity contribution is -0.162. The molecule has 1 aromatic rings. The molecule has 142 valence electrons. The number of ether oxygens (including phenoxy) is 1. The van der Waals surface area contributed by atoms with E-state index < -0.39 is 50.8 Å². The summed E-state index contributed by atoms with van der Waals surface area (Å²) in [4.78, 5) is 53.5. The second-order valence-corrected chi connectivity index (χ2v) is 6.85. The molecule has 0 bridgehead atoms. The predicted octanol–water partition coefficient (Wildman–Crippen LogP) is -2.54. The molecule has 2 rings (SSSR count). The Morgan fingerprint density at radius 2 is 2.04 bits per heavy atom. The number of esters is 1. The Balaban J connectivity index is 2.29. The third-order valence-corrected chi connectivity index (χ3v) is 4.78. The number of hydrogen-bond acceptors (Lipinski definition) is 10. The van der Waals surface area contributed by atoms with E-state index in [-0.39, 0.29) is 10.00 Å². The molecule has 15 heteroatoms. The maximum Gasteiger partial charge on any atom is 0.363 e. The van der Waals surface area contributed by atoms with Crippen molar-refractivity contribution in [1.29, 1.82) is 0 Å². The van der Waals surface area contributed by atoms with Crippen LogP contribution in [0.5, 0.6) is 0 Å². The molecule has 0 saturated carbocycles. The fourth-order valence-corrected chi connectivity index (χ4v) is 3.52. The first-order chi connectivity index (χ1) is 12.1. The van der Waals surface area contributed by atoms with Crippen molar-refractivity contribution in [2.75, 3.05) is 14.2 Å². The molecule has 2 amide bonds. The van der Waals surface area contributed by atoms with Crippen LogP contribution in [0.2, 0.25) is 0 Å². The molecule has 1 aliphatic heterocycles. The van der Waals surface area contributed by atoms with Crippen LogP contribution in [0.1, 0.15) is 5.69 Å². The summed E-state index contributed by atoms with van der Waals surface area (Å²) in [5.41, 5.74) is -0.444. The van der Waals surface area contributed by atoms with Crippen molar-refractivity contribution in [2.24, 2.45) is 5.16 Å². The minimum absolute atomic E-state index is 0.0209. The van der Waals surface area contributed by atoms with E-state index in [0.717, 1.165) is 25.6 Å². The number of nitrogens with zero attached hydrogens (tertiary/aromatic N) is 2. The average molecular weight is 408 g/mol. The summed E-state index contributed by atoms with van der Waals surface area (Å²) in [7, 11) is -2.98. The van der Waals surface area contributed by atoms with Crippen LogP contribution in [0, 0.1) is 0 Å². The number of methoxy groups -OCH3 is 1. The molecule has 2 heterocycles. The number of aromatic nitrogens is 1. The summed E-state index contributed by atoms with van der Waals surface area (Å²) in [6.45, 7) is 0. The minimum Gasteiger partial charge on any atom is -0.467 e. The van der Waals surface area contributed by atoms with Crippen molar-refractivity contribution in [3.8, 4) is 0 Å². The molecule has 1 aromatic heterocycles. The van der Waals surface area contributed by atoms with Gasteiger partial charge < -0.3 is 19.9 Å². The van der Waals surface area contributed by atoms with Crippen LogP contribution in [0.15, 0.2) is 15.3 Å². The van der Waals surface area contributed by atoms with Crippen LogP contribution in [0.4, 0.5) is 0 Å². The maximum atomic E-state index is 12.3. The van der Waals surface area contributed by atoms with Gasteiger partial charge in [0.1, 0.15) is 13.2 Å². The number of amides is 2. The summed E-state index contributed by atoms with van der Waals surface area (Å²) < 4.78 is 35.7. The van der Waals surface area contributed by atoms with E-state index >= 15 is 0 Å². The second-order valence-electron chi connectivity index (χ2n) is 4.72. The molecule has 26 heavy (non-hydrogen) atoms. The topological polar surface area (TPSA) is 185 Å². The maximum absolute atomic E-state index is 12.3. The van der Waals surface area contributed by atoms with Gasteiger partial charge >= 0.3 is 21.1 Å². The lowest BCUT2D eigenvalue weighted by Gasteiger charge is -2.41. The van der Waals surface area contributed by atoms with Gasteiger partial charge in [0.25, 0.3) is 11.8 Å². The van der Waals surface area contributed by atoms with Crippen LogP contribution in [-0.2, 0) is 34.3 Å². The molecular formula is C11H12N4O9S2. The van der Waals surface area contributed by atoms with Crippen molar-refractivity contribution >= 4 is 45.1 Å². The van der Waals surface area contributed by atoms with E-state index in [1.165, 1.54) is 5.38 Å². The van der Waals surface area contributed by atoms with Gasteiger partial charge in [-0.1, -0.05) is 16.5 Å². The second kappa shape index (κ2) is 7.22. The monoisotopic (exact) mass is 408 g/mol. The molecule has 1 saturated heterocycles. The van der Waals surface area contributed by atoms with Crippen LogP contribution in [-0.4, -0.2) is 72.1 Å². The number of carbonyl (C=O) groups excluding carboxylic acids is 3.